The molecule has 0 saturated heterocycles. The van der Waals surface area contributed by atoms with Crippen molar-refractivity contribution in [1.29, 1.82) is 0 Å². The van der Waals surface area contributed by atoms with Gasteiger partial charge in [0.15, 0.2) is 0 Å². The molecule has 1 aromatic carbocycles. The summed E-state index contributed by atoms with van der Waals surface area (Å²) in [7, 11) is 0. The third-order valence-electron chi connectivity index (χ3n) is 2.63. The van der Waals surface area contributed by atoms with E-state index in [0.29, 0.717) is 12.0 Å². The lowest BCUT2D eigenvalue weighted by Gasteiger charge is -2.15. The number of hydrazine groups is 1. The van der Waals surface area contributed by atoms with E-state index < -0.39 is 11.6 Å². The van der Waals surface area contributed by atoms with Crippen LogP contribution in [0.2, 0.25) is 0 Å². The van der Waals surface area contributed by atoms with Crippen molar-refractivity contribution in [2.45, 2.75) is 12.5 Å². The quantitative estimate of drug-likeness (QED) is 0.663. The summed E-state index contributed by atoms with van der Waals surface area (Å²) < 4.78 is 27.3. The largest absolute Gasteiger partial charge is 0.271 e. The van der Waals surface area contributed by atoms with Crippen LogP contribution in [0.4, 0.5) is 8.78 Å². The second-order valence-electron chi connectivity index (χ2n) is 3.84. The Morgan fingerprint density at radius 3 is 2.67 bits per heavy atom. The lowest BCUT2D eigenvalue weighted by Crippen LogP contribution is -2.29. The summed E-state index contributed by atoms with van der Waals surface area (Å²) >= 11 is 4.90. The molecule has 1 aromatic heterocycles. The van der Waals surface area contributed by atoms with Crippen molar-refractivity contribution in [3.8, 4) is 0 Å². The molecule has 6 heteroatoms. The van der Waals surface area contributed by atoms with E-state index in [-0.39, 0.29) is 6.04 Å². The van der Waals surface area contributed by atoms with Crippen molar-refractivity contribution in [1.82, 2.24) is 5.43 Å². The Morgan fingerprint density at radius 2 is 2.11 bits per heavy atom. The number of nitrogens with one attached hydrogen (secondary N) is 1. The van der Waals surface area contributed by atoms with Gasteiger partial charge in [0.05, 0.1) is 9.83 Å². The summed E-state index contributed by atoms with van der Waals surface area (Å²) in [6.07, 6.45) is 0.367. The van der Waals surface area contributed by atoms with Crippen LogP contribution in [-0.4, -0.2) is 0 Å². The maximum absolute atomic E-state index is 13.6. The average molecular weight is 333 g/mol. The zero-order chi connectivity index (χ0) is 13.1. The average Bonchev–Trinajstić information content (AvgIpc) is 2.75. The van der Waals surface area contributed by atoms with Gasteiger partial charge in [-0.3, -0.25) is 11.3 Å². The smallest absolute Gasteiger partial charge is 0.129 e. The van der Waals surface area contributed by atoms with Crippen molar-refractivity contribution < 1.29 is 8.78 Å². The molecule has 2 nitrogen and oxygen atoms in total. The fraction of sp³-hybridized carbons (Fsp3) is 0.167. The highest BCUT2D eigenvalue weighted by Gasteiger charge is 2.15. The van der Waals surface area contributed by atoms with E-state index in [4.69, 9.17) is 5.84 Å². The van der Waals surface area contributed by atoms with Gasteiger partial charge in [-0.25, -0.2) is 8.78 Å². The highest BCUT2D eigenvalue weighted by Crippen LogP contribution is 2.27. The second-order valence-corrected chi connectivity index (χ2v) is 6.13. The number of thiophene rings is 1. The second kappa shape index (κ2) is 5.88. The summed E-state index contributed by atoms with van der Waals surface area (Å²) in [6.45, 7) is 0. The van der Waals surface area contributed by atoms with Crippen LogP contribution in [0.3, 0.4) is 0 Å². The van der Waals surface area contributed by atoms with E-state index in [1.807, 2.05) is 11.4 Å². The maximum Gasteiger partial charge on any atom is 0.129 e. The molecule has 3 N–H and O–H groups in total. The lowest BCUT2D eigenvalue weighted by molar-refractivity contribution is 0.523. The molecule has 0 fully saturated rings. The van der Waals surface area contributed by atoms with Gasteiger partial charge in [0.2, 0.25) is 0 Å². The fourth-order valence-corrected chi connectivity index (χ4v) is 2.92. The first-order chi connectivity index (χ1) is 8.60. The molecule has 0 radical (unpaired) electrons. The number of rotatable bonds is 4. The van der Waals surface area contributed by atoms with Crippen LogP contribution in [0.15, 0.2) is 33.4 Å². The first-order valence-electron chi connectivity index (χ1n) is 5.24. The highest BCUT2D eigenvalue weighted by molar-refractivity contribution is 9.11. The lowest BCUT2D eigenvalue weighted by atomic mass is 10.0. The summed E-state index contributed by atoms with van der Waals surface area (Å²) in [5.41, 5.74) is 4.05. The molecule has 1 heterocycles. The van der Waals surface area contributed by atoms with E-state index in [1.54, 1.807) is 0 Å². The van der Waals surface area contributed by atoms with Gasteiger partial charge < -0.3 is 0 Å². The van der Waals surface area contributed by atoms with Gasteiger partial charge in [0.25, 0.3) is 0 Å². The molecule has 1 unspecified atom stereocenters. The van der Waals surface area contributed by atoms with Gasteiger partial charge in [-0.2, -0.15) is 0 Å². The van der Waals surface area contributed by atoms with E-state index in [9.17, 15) is 8.78 Å². The highest BCUT2D eigenvalue weighted by atomic mass is 79.9. The monoisotopic (exact) mass is 332 g/mol. The Hall–Kier alpha value is -0.820. The van der Waals surface area contributed by atoms with E-state index >= 15 is 0 Å². The summed E-state index contributed by atoms with van der Waals surface area (Å²) in [5, 5.41) is 1.94. The van der Waals surface area contributed by atoms with Gasteiger partial charge in [-0.05, 0) is 51.0 Å². The minimum Gasteiger partial charge on any atom is -0.271 e. The normalized spacial score (nSPS) is 12.7. The number of hydrogen-bond acceptors (Lipinski definition) is 3. The van der Waals surface area contributed by atoms with Crippen LogP contribution in [0.1, 0.15) is 17.2 Å². The Labute approximate surface area is 116 Å². The van der Waals surface area contributed by atoms with Crippen LogP contribution in [0, 0.1) is 11.6 Å². The third-order valence-corrected chi connectivity index (χ3v) is 4.15. The molecular formula is C12H11BrF2N2S. The van der Waals surface area contributed by atoms with Gasteiger partial charge in [0.1, 0.15) is 11.6 Å². The van der Waals surface area contributed by atoms with Crippen LogP contribution < -0.4 is 11.3 Å². The van der Waals surface area contributed by atoms with E-state index in [0.717, 1.165) is 15.4 Å². The van der Waals surface area contributed by atoms with Gasteiger partial charge in [-0.1, -0.05) is 6.07 Å². The van der Waals surface area contributed by atoms with Crippen LogP contribution in [0.5, 0.6) is 0 Å². The predicted molar refractivity (Wildman–Crippen MR) is 72.1 cm³/mol. The Bertz CT molecular complexity index is 545. The van der Waals surface area contributed by atoms with Crippen LogP contribution >= 0.6 is 27.3 Å². The Balaban J connectivity index is 2.20. The van der Waals surface area contributed by atoms with E-state index in [2.05, 4.69) is 21.4 Å². The standard InChI is InChI=1S/C12H11BrF2N2S/c13-12-4-8(6-18-12)11(17-16)3-7-1-2-9(14)5-10(7)15/h1-2,4-6,11,17H,3,16H2. The Kier molecular flexibility index (Phi) is 4.45. The summed E-state index contributed by atoms with van der Waals surface area (Å²) in [6, 6.07) is 5.29. The van der Waals surface area contributed by atoms with Crippen LogP contribution in [0.25, 0.3) is 0 Å². The first-order valence-corrected chi connectivity index (χ1v) is 6.91. The Morgan fingerprint density at radius 1 is 1.33 bits per heavy atom. The van der Waals surface area contributed by atoms with Crippen molar-refractivity contribution >= 4 is 27.3 Å². The van der Waals surface area contributed by atoms with Crippen molar-refractivity contribution in [2.75, 3.05) is 0 Å². The van der Waals surface area contributed by atoms with Crippen molar-refractivity contribution in [3.63, 3.8) is 0 Å². The molecule has 0 aliphatic heterocycles. The van der Waals surface area contributed by atoms with Gasteiger partial charge in [-0.15, -0.1) is 11.3 Å². The third kappa shape index (κ3) is 3.14. The molecule has 0 saturated carbocycles. The summed E-state index contributed by atoms with van der Waals surface area (Å²) in [5.74, 6) is 4.36. The van der Waals surface area contributed by atoms with Crippen LogP contribution in [-0.2, 0) is 6.42 Å². The van der Waals surface area contributed by atoms with Gasteiger partial charge >= 0.3 is 0 Å². The van der Waals surface area contributed by atoms with Gasteiger partial charge in [0, 0.05) is 6.07 Å². The number of benzene rings is 1. The van der Waals surface area contributed by atoms with Crippen molar-refractivity contribution in [3.05, 3.63) is 56.2 Å². The molecule has 0 amide bonds. The zero-order valence-electron chi connectivity index (χ0n) is 9.29. The zero-order valence-corrected chi connectivity index (χ0v) is 11.7. The predicted octanol–water partition coefficient (Wildman–Crippen LogP) is 3.54. The number of hydrogen-bond donors (Lipinski definition) is 2. The molecular weight excluding hydrogens is 322 g/mol. The molecule has 0 bridgehead atoms. The molecule has 0 aliphatic rings. The minimum atomic E-state index is -0.577. The fourth-order valence-electron chi connectivity index (χ4n) is 1.69. The number of nitrogens with two attached hydrogens (primary N) is 1. The molecule has 0 aliphatic carbocycles. The minimum absolute atomic E-state index is 0.201. The molecule has 2 rings (SSSR count). The first kappa shape index (κ1) is 13.6. The molecule has 2 aromatic rings. The maximum atomic E-state index is 13.6. The number of halogens is 3. The molecule has 0 spiro atoms. The molecule has 1 atom stereocenters. The van der Waals surface area contributed by atoms with E-state index in [1.165, 1.54) is 23.5 Å². The molecule has 18 heavy (non-hydrogen) atoms. The molecule has 96 valence electrons. The SMILES string of the molecule is NNC(Cc1ccc(F)cc1F)c1csc(Br)c1. The summed E-state index contributed by atoms with van der Waals surface area (Å²) in [4.78, 5) is 0. The van der Waals surface area contributed by atoms with Crippen molar-refractivity contribution in [2.24, 2.45) is 5.84 Å². The topological polar surface area (TPSA) is 38.0 Å².